The van der Waals surface area contributed by atoms with Crippen molar-refractivity contribution in [2.45, 2.75) is 6.61 Å². The predicted molar refractivity (Wildman–Crippen MR) is 41.9 cm³/mol. The molecule has 1 radical (unpaired) electrons. The highest BCUT2D eigenvalue weighted by atomic mass is 16.5. The number of nitrogens with zero attached hydrogens (tertiary/aromatic N) is 1. The van der Waals surface area contributed by atoms with Gasteiger partial charge in [0, 0.05) is 18.9 Å². The Morgan fingerprint density at radius 3 is 3.09 bits per heavy atom. The van der Waals surface area contributed by atoms with E-state index in [0.717, 1.165) is 5.56 Å². The molecule has 1 aromatic rings. The lowest BCUT2D eigenvalue weighted by molar-refractivity contribution is 0.127. The SMILES string of the molecule is [NH]CCOCc1cccnc1. The van der Waals surface area contributed by atoms with Crippen molar-refractivity contribution in [2.75, 3.05) is 13.2 Å². The van der Waals surface area contributed by atoms with Crippen molar-refractivity contribution in [2.24, 2.45) is 0 Å². The predicted octanol–water partition coefficient (Wildman–Crippen LogP) is 0.881. The second kappa shape index (κ2) is 4.82. The molecule has 0 spiro atoms. The fourth-order valence-corrected chi connectivity index (χ4v) is 0.746. The lowest BCUT2D eigenvalue weighted by atomic mass is 10.3. The molecular weight excluding hydrogens is 140 g/mol. The molecule has 1 N–H and O–H groups in total. The van der Waals surface area contributed by atoms with Gasteiger partial charge in [0.05, 0.1) is 13.2 Å². The van der Waals surface area contributed by atoms with E-state index in [2.05, 4.69) is 4.98 Å². The highest BCUT2D eigenvalue weighted by Crippen LogP contribution is 1.96. The van der Waals surface area contributed by atoms with Crippen LogP contribution in [-0.2, 0) is 11.3 Å². The first kappa shape index (κ1) is 8.17. The average Bonchev–Trinajstić information content (AvgIpc) is 2.07. The maximum absolute atomic E-state index is 6.83. The summed E-state index contributed by atoms with van der Waals surface area (Å²) in [5.41, 5.74) is 7.88. The van der Waals surface area contributed by atoms with Crippen molar-refractivity contribution in [3.8, 4) is 0 Å². The Bertz CT molecular complexity index is 189. The highest BCUT2D eigenvalue weighted by Gasteiger charge is 1.89. The van der Waals surface area contributed by atoms with Gasteiger partial charge in [0.2, 0.25) is 0 Å². The summed E-state index contributed by atoms with van der Waals surface area (Å²) in [6, 6.07) is 3.83. The van der Waals surface area contributed by atoms with E-state index in [1.165, 1.54) is 0 Å². The van der Waals surface area contributed by atoms with Crippen molar-refractivity contribution in [1.82, 2.24) is 10.7 Å². The summed E-state index contributed by atoms with van der Waals surface area (Å²) < 4.78 is 5.14. The second-order valence-electron chi connectivity index (χ2n) is 2.16. The topological polar surface area (TPSA) is 45.9 Å². The first-order valence-electron chi connectivity index (χ1n) is 3.54. The smallest absolute Gasteiger partial charge is 0.0732 e. The van der Waals surface area contributed by atoms with Crippen LogP contribution in [0.5, 0.6) is 0 Å². The van der Waals surface area contributed by atoms with Crippen LogP contribution in [0.1, 0.15) is 5.56 Å². The Hall–Kier alpha value is -0.930. The zero-order valence-corrected chi connectivity index (χ0v) is 6.29. The molecular formula is C8H11N2O. The molecule has 0 aliphatic carbocycles. The van der Waals surface area contributed by atoms with Crippen molar-refractivity contribution < 1.29 is 4.74 Å². The van der Waals surface area contributed by atoms with Crippen molar-refractivity contribution in [3.63, 3.8) is 0 Å². The van der Waals surface area contributed by atoms with Crippen LogP contribution in [0.3, 0.4) is 0 Å². The van der Waals surface area contributed by atoms with Crippen LogP contribution in [0.2, 0.25) is 0 Å². The van der Waals surface area contributed by atoms with E-state index >= 15 is 0 Å². The molecule has 3 heteroatoms. The Morgan fingerprint density at radius 1 is 1.55 bits per heavy atom. The normalized spacial score (nSPS) is 9.91. The number of aromatic nitrogens is 1. The van der Waals surface area contributed by atoms with Crippen LogP contribution >= 0.6 is 0 Å². The zero-order chi connectivity index (χ0) is 7.94. The molecule has 0 saturated heterocycles. The van der Waals surface area contributed by atoms with E-state index in [4.69, 9.17) is 10.5 Å². The molecule has 0 aliphatic heterocycles. The van der Waals surface area contributed by atoms with Gasteiger partial charge in [-0.1, -0.05) is 6.07 Å². The number of nitrogens with one attached hydrogen (secondary N) is 1. The summed E-state index contributed by atoms with van der Waals surface area (Å²) in [7, 11) is 0. The molecule has 0 bridgehead atoms. The van der Waals surface area contributed by atoms with Crippen LogP contribution < -0.4 is 5.73 Å². The Labute approximate surface area is 66.2 Å². The van der Waals surface area contributed by atoms with Gasteiger partial charge in [-0.2, -0.15) is 0 Å². The number of hydrogen-bond donors (Lipinski definition) is 0. The Kier molecular flexibility index (Phi) is 3.58. The standard InChI is InChI=1S/C8H11N2O/c9-3-5-11-7-8-2-1-4-10-6-8/h1-2,4,6,9H,3,5,7H2. The lowest BCUT2D eigenvalue weighted by Crippen LogP contribution is -2.00. The quantitative estimate of drug-likeness (QED) is 0.600. The van der Waals surface area contributed by atoms with E-state index < -0.39 is 0 Å². The van der Waals surface area contributed by atoms with Crippen molar-refractivity contribution >= 4 is 0 Å². The molecule has 0 fully saturated rings. The minimum atomic E-state index is 0.320. The second-order valence-corrected chi connectivity index (χ2v) is 2.16. The summed E-state index contributed by atoms with van der Waals surface area (Å²) >= 11 is 0. The van der Waals surface area contributed by atoms with E-state index in [0.29, 0.717) is 19.8 Å². The summed E-state index contributed by atoms with van der Waals surface area (Å²) in [5, 5.41) is 0. The van der Waals surface area contributed by atoms with Gasteiger partial charge in [-0.3, -0.25) is 10.7 Å². The van der Waals surface area contributed by atoms with Gasteiger partial charge in [0.25, 0.3) is 0 Å². The highest BCUT2D eigenvalue weighted by molar-refractivity contribution is 5.06. The van der Waals surface area contributed by atoms with Crippen molar-refractivity contribution in [3.05, 3.63) is 30.1 Å². The largest absolute Gasteiger partial charge is 0.375 e. The van der Waals surface area contributed by atoms with Gasteiger partial charge >= 0.3 is 0 Å². The van der Waals surface area contributed by atoms with Gasteiger partial charge in [0.15, 0.2) is 0 Å². The molecule has 0 aliphatic rings. The molecule has 1 aromatic heterocycles. The molecule has 1 rings (SSSR count). The molecule has 0 saturated carbocycles. The number of ether oxygens (including phenoxy) is 1. The fraction of sp³-hybridized carbons (Fsp3) is 0.375. The van der Waals surface area contributed by atoms with Crippen molar-refractivity contribution in [1.29, 1.82) is 0 Å². The summed E-state index contributed by atoms with van der Waals surface area (Å²) in [6.45, 7) is 1.38. The third-order valence-corrected chi connectivity index (χ3v) is 1.24. The van der Waals surface area contributed by atoms with E-state index in [-0.39, 0.29) is 0 Å². The van der Waals surface area contributed by atoms with Crippen LogP contribution in [0.4, 0.5) is 0 Å². The molecule has 0 atom stereocenters. The third kappa shape index (κ3) is 3.11. The van der Waals surface area contributed by atoms with Crippen LogP contribution in [0, 0.1) is 0 Å². The zero-order valence-electron chi connectivity index (χ0n) is 6.29. The lowest BCUT2D eigenvalue weighted by Gasteiger charge is -2.00. The summed E-state index contributed by atoms with van der Waals surface area (Å²) in [4.78, 5) is 3.94. The molecule has 0 unspecified atom stereocenters. The van der Waals surface area contributed by atoms with E-state index in [1.54, 1.807) is 12.4 Å². The number of hydrogen-bond acceptors (Lipinski definition) is 2. The molecule has 0 aromatic carbocycles. The maximum atomic E-state index is 6.83. The Morgan fingerprint density at radius 2 is 2.45 bits per heavy atom. The Balaban J connectivity index is 2.28. The molecule has 0 amide bonds. The van der Waals surface area contributed by atoms with Gasteiger partial charge in [-0.25, -0.2) is 0 Å². The van der Waals surface area contributed by atoms with Gasteiger partial charge in [-0.05, 0) is 11.6 Å². The third-order valence-electron chi connectivity index (χ3n) is 1.24. The van der Waals surface area contributed by atoms with Gasteiger partial charge in [0.1, 0.15) is 0 Å². The number of rotatable bonds is 4. The molecule has 1 heterocycles. The van der Waals surface area contributed by atoms with Crippen LogP contribution in [0.15, 0.2) is 24.5 Å². The average molecular weight is 151 g/mol. The minimum absolute atomic E-state index is 0.320. The molecule has 3 nitrogen and oxygen atoms in total. The monoisotopic (exact) mass is 151 g/mol. The van der Waals surface area contributed by atoms with Crippen LogP contribution in [-0.4, -0.2) is 18.1 Å². The number of pyridine rings is 1. The first-order valence-corrected chi connectivity index (χ1v) is 3.54. The van der Waals surface area contributed by atoms with Crippen LogP contribution in [0.25, 0.3) is 0 Å². The van der Waals surface area contributed by atoms with Gasteiger partial charge < -0.3 is 4.74 Å². The summed E-state index contributed by atoms with van der Waals surface area (Å²) in [6.07, 6.45) is 3.50. The molecule has 59 valence electrons. The first-order chi connectivity index (χ1) is 5.43. The van der Waals surface area contributed by atoms with Gasteiger partial charge in [-0.15, -0.1) is 0 Å². The maximum Gasteiger partial charge on any atom is 0.0732 e. The van der Waals surface area contributed by atoms with E-state index in [1.807, 2.05) is 12.1 Å². The minimum Gasteiger partial charge on any atom is -0.375 e. The molecule has 11 heavy (non-hydrogen) atoms. The summed E-state index contributed by atoms with van der Waals surface area (Å²) in [5.74, 6) is 0. The fourth-order valence-electron chi connectivity index (χ4n) is 0.746. The van der Waals surface area contributed by atoms with E-state index in [9.17, 15) is 0 Å².